The zero-order valence-electron chi connectivity index (χ0n) is 26.6. The summed E-state index contributed by atoms with van der Waals surface area (Å²) >= 11 is 0. The van der Waals surface area contributed by atoms with Gasteiger partial charge in [0.05, 0.1) is 33.9 Å². The Bertz CT molecular complexity index is 1540. The molecule has 0 atom stereocenters. The Morgan fingerprint density at radius 2 is 1.07 bits per heavy atom. The van der Waals surface area contributed by atoms with Crippen LogP contribution in [-0.4, -0.2) is 28.4 Å². The number of ether oxygens (including phenoxy) is 4. The predicted molar refractivity (Wildman–Crippen MR) is 172 cm³/mol. The Labute approximate surface area is 251 Å². The first-order valence-corrected chi connectivity index (χ1v) is 15.0. The van der Waals surface area contributed by atoms with Gasteiger partial charge in [0, 0.05) is 0 Å². The maximum atomic E-state index is 5.88. The summed E-state index contributed by atoms with van der Waals surface area (Å²) in [4.78, 5) is 0. The van der Waals surface area contributed by atoms with Gasteiger partial charge >= 0.3 is 0 Å². The van der Waals surface area contributed by atoms with E-state index in [0.717, 1.165) is 24.0 Å². The van der Waals surface area contributed by atoms with Crippen LogP contribution in [0.15, 0.2) is 72.8 Å². The predicted octanol–water partition coefficient (Wildman–Crippen LogP) is 9.29. The maximum Gasteiger partial charge on any atom is 0.161 e. The molecule has 4 aromatic carbocycles. The van der Waals surface area contributed by atoms with Crippen LogP contribution in [0.1, 0.15) is 86.8 Å². The third-order valence-corrected chi connectivity index (χ3v) is 9.72. The summed E-state index contributed by atoms with van der Waals surface area (Å²) in [6.07, 6.45) is 2.12. The van der Waals surface area contributed by atoms with Gasteiger partial charge in [0.15, 0.2) is 23.0 Å². The molecular formula is C38H44O4. The fourth-order valence-corrected chi connectivity index (χ4v) is 6.66. The lowest BCUT2D eigenvalue weighted by Crippen LogP contribution is -2.30. The third-order valence-electron chi connectivity index (χ3n) is 9.72. The summed E-state index contributed by atoms with van der Waals surface area (Å²) in [6.45, 7) is 11.5. The smallest absolute Gasteiger partial charge is 0.161 e. The molecule has 0 bridgehead atoms. The fraction of sp³-hybridized carbons (Fsp3) is 0.368. The van der Waals surface area contributed by atoms with Gasteiger partial charge in [0.2, 0.25) is 0 Å². The summed E-state index contributed by atoms with van der Waals surface area (Å²) in [7, 11) is 6.76. The van der Waals surface area contributed by atoms with Crippen molar-refractivity contribution in [3.05, 3.63) is 106 Å². The quantitative estimate of drug-likeness (QED) is 0.169. The summed E-state index contributed by atoms with van der Waals surface area (Å²) in [5.41, 5.74) is 9.34. The van der Waals surface area contributed by atoms with E-state index >= 15 is 0 Å². The average Bonchev–Trinajstić information content (AvgIpc) is 3.33. The van der Waals surface area contributed by atoms with Crippen LogP contribution in [0, 0.1) is 0 Å². The number of rotatable bonds is 10. The molecule has 220 valence electrons. The Hall–Kier alpha value is -3.92. The first-order chi connectivity index (χ1) is 20.2. The Morgan fingerprint density at radius 1 is 0.595 bits per heavy atom. The van der Waals surface area contributed by atoms with Gasteiger partial charge in [0.1, 0.15) is 0 Å². The molecule has 5 rings (SSSR count). The van der Waals surface area contributed by atoms with Crippen LogP contribution >= 0.6 is 0 Å². The van der Waals surface area contributed by atoms with E-state index in [9.17, 15) is 0 Å². The minimum Gasteiger partial charge on any atom is -0.493 e. The summed E-state index contributed by atoms with van der Waals surface area (Å²) in [5, 5.41) is 0. The Balaban J connectivity index is 1.98. The second kappa shape index (κ2) is 11.4. The van der Waals surface area contributed by atoms with Gasteiger partial charge in [-0.1, -0.05) is 83.1 Å². The molecule has 4 heteroatoms. The van der Waals surface area contributed by atoms with E-state index in [1.807, 2.05) is 12.1 Å². The molecule has 0 fully saturated rings. The van der Waals surface area contributed by atoms with Crippen molar-refractivity contribution < 1.29 is 18.9 Å². The maximum absolute atomic E-state index is 5.88. The van der Waals surface area contributed by atoms with Crippen LogP contribution in [0.3, 0.4) is 0 Å². The molecule has 1 aliphatic rings. The van der Waals surface area contributed by atoms with Gasteiger partial charge in [0.25, 0.3) is 0 Å². The second-order valence-electron chi connectivity index (χ2n) is 11.9. The van der Waals surface area contributed by atoms with Crippen molar-refractivity contribution in [3.63, 3.8) is 0 Å². The molecule has 0 saturated heterocycles. The molecule has 0 heterocycles. The zero-order valence-corrected chi connectivity index (χ0v) is 26.6. The standard InChI is InChI=1S/C38H44O4/c1-10-37(5,11-2)26-13-17-30-29-16-12-25(24(3)4)20-31(29)38(32(30)21-26,27-14-18-33(39-6)35(22-27)41-8)28-15-19-34(40-7)36(23-28)42-9/h12-24H,10-11H2,1-9H3. The van der Waals surface area contributed by atoms with Gasteiger partial charge in [-0.25, -0.2) is 0 Å². The molecule has 0 aromatic heterocycles. The molecule has 0 aliphatic heterocycles. The van der Waals surface area contributed by atoms with Gasteiger partial charge in [-0.3, -0.25) is 0 Å². The number of hydrogen-bond donors (Lipinski definition) is 0. The highest BCUT2D eigenvalue weighted by Crippen LogP contribution is 2.58. The highest BCUT2D eigenvalue weighted by Gasteiger charge is 2.47. The van der Waals surface area contributed by atoms with Crippen molar-refractivity contribution in [3.8, 4) is 34.1 Å². The number of benzene rings is 4. The zero-order chi connectivity index (χ0) is 30.2. The minimum absolute atomic E-state index is 0.0633. The Morgan fingerprint density at radius 3 is 1.52 bits per heavy atom. The van der Waals surface area contributed by atoms with Crippen molar-refractivity contribution in [2.75, 3.05) is 28.4 Å². The highest BCUT2D eigenvalue weighted by atomic mass is 16.5. The first-order valence-electron chi connectivity index (χ1n) is 15.0. The van der Waals surface area contributed by atoms with Gasteiger partial charge in [-0.2, -0.15) is 0 Å². The molecule has 0 unspecified atom stereocenters. The SMILES string of the molecule is CCC(C)(CC)c1ccc2c(c1)C(c1ccc(OC)c(OC)c1)(c1ccc(OC)c(OC)c1)c1cc(C(C)C)ccc1-2. The molecule has 4 aromatic rings. The van der Waals surface area contributed by atoms with Crippen molar-refractivity contribution in [1.29, 1.82) is 0 Å². The van der Waals surface area contributed by atoms with E-state index in [1.54, 1.807) is 28.4 Å². The van der Waals surface area contributed by atoms with Crippen molar-refractivity contribution in [2.45, 2.75) is 64.2 Å². The van der Waals surface area contributed by atoms with Gasteiger partial charge < -0.3 is 18.9 Å². The molecule has 0 amide bonds. The molecule has 0 N–H and O–H groups in total. The summed E-state index contributed by atoms with van der Waals surface area (Å²) in [6, 6.07) is 26.8. The lowest BCUT2D eigenvalue weighted by atomic mass is 9.66. The fourth-order valence-electron chi connectivity index (χ4n) is 6.66. The monoisotopic (exact) mass is 564 g/mol. The van der Waals surface area contributed by atoms with Gasteiger partial charge in [-0.05, 0) is 92.9 Å². The number of methoxy groups -OCH3 is 4. The van der Waals surface area contributed by atoms with E-state index < -0.39 is 5.41 Å². The van der Waals surface area contributed by atoms with Crippen molar-refractivity contribution in [1.82, 2.24) is 0 Å². The Kier molecular flexibility index (Phi) is 8.02. The topological polar surface area (TPSA) is 36.9 Å². The van der Waals surface area contributed by atoms with Crippen LogP contribution in [-0.2, 0) is 10.8 Å². The lowest BCUT2D eigenvalue weighted by molar-refractivity contribution is 0.353. The summed E-state index contributed by atoms with van der Waals surface area (Å²) in [5.74, 6) is 3.19. The van der Waals surface area contributed by atoms with Crippen LogP contribution < -0.4 is 18.9 Å². The van der Waals surface area contributed by atoms with Gasteiger partial charge in [-0.15, -0.1) is 0 Å². The van der Waals surface area contributed by atoms with E-state index in [0.29, 0.717) is 28.9 Å². The molecule has 0 radical (unpaired) electrons. The van der Waals surface area contributed by atoms with E-state index in [1.165, 1.54) is 33.4 Å². The largest absolute Gasteiger partial charge is 0.493 e. The third kappa shape index (κ3) is 4.43. The van der Waals surface area contributed by atoms with Crippen LogP contribution in [0.25, 0.3) is 11.1 Å². The number of hydrogen-bond acceptors (Lipinski definition) is 4. The average molecular weight is 565 g/mol. The minimum atomic E-state index is -0.632. The van der Waals surface area contributed by atoms with Crippen LogP contribution in [0.5, 0.6) is 23.0 Å². The molecule has 0 spiro atoms. The molecular weight excluding hydrogens is 520 g/mol. The molecule has 0 saturated carbocycles. The molecule has 4 nitrogen and oxygen atoms in total. The highest BCUT2D eigenvalue weighted by molar-refractivity contribution is 5.87. The van der Waals surface area contributed by atoms with E-state index in [-0.39, 0.29) is 5.41 Å². The molecule has 1 aliphatic carbocycles. The second-order valence-corrected chi connectivity index (χ2v) is 11.9. The van der Waals surface area contributed by atoms with Crippen molar-refractivity contribution >= 4 is 0 Å². The van der Waals surface area contributed by atoms with E-state index in [4.69, 9.17) is 18.9 Å². The van der Waals surface area contributed by atoms with Crippen LogP contribution in [0.4, 0.5) is 0 Å². The molecule has 42 heavy (non-hydrogen) atoms. The number of fused-ring (bicyclic) bond motifs is 3. The van der Waals surface area contributed by atoms with Crippen LogP contribution in [0.2, 0.25) is 0 Å². The normalized spacial score (nSPS) is 13.5. The van der Waals surface area contributed by atoms with E-state index in [2.05, 4.69) is 95.3 Å². The first kappa shape index (κ1) is 29.6. The van der Waals surface area contributed by atoms with Crippen molar-refractivity contribution in [2.24, 2.45) is 0 Å². The summed E-state index contributed by atoms with van der Waals surface area (Å²) < 4.78 is 23.1. The lowest BCUT2D eigenvalue weighted by Gasteiger charge is -2.36.